The smallest absolute Gasteiger partial charge is 0.313 e. The Balaban J connectivity index is 3.10. The summed E-state index contributed by atoms with van der Waals surface area (Å²) in [7, 11) is 1.30. The van der Waals surface area contributed by atoms with Crippen LogP contribution in [0.4, 0.5) is 4.39 Å². The molecular weight excluding hydrogens is 197 g/mol. The molecule has 0 bridgehead atoms. The standard InChI is InChI=1S/C11H14FNO2/c1-7(2)10(11(14)15-3)8-4-5-13-6-9(8)12/h4-7,10H,1-3H3. The van der Waals surface area contributed by atoms with E-state index in [4.69, 9.17) is 0 Å². The van der Waals surface area contributed by atoms with Crippen molar-refractivity contribution in [3.8, 4) is 0 Å². The molecule has 0 spiro atoms. The van der Waals surface area contributed by atoms with Crippen molar-refractivity contribution in [1.29, 1.82) is 0 Å². The molecule has 0 aromatic carbocycles. The Labute approximate surface area is 88.3 Å². The van der Waals surface area contributed by atoms with E-state index in [-0.39, 0.29) is 5.92 Å². The summed E-state index contributed by atoms with van der Waals surface area (Å²) in [5.41, 5.74) is 0.340. The van der Waals surface area contributed by atoms with Crippen LogP contribution in [0, 0.1) is 11.7 Å². The van der Waals surface area contributed by atoms with Crippen molar-refractivity contribution < 1.29 is 13.9 Å². The number of carbonyl (C=O) groups excluding carboxylic acids is 1. The van der Waals surface area contributed by atoms with Gasteiger partial charge in [-0.1, -0.05) is 13.8 Å². The summed E-state index contributed by atoms with van der Waals surface area (Å²) in [4.78, 5) is 15.1. The highest BCUT2D eigenvalue weighted by Crippen LogP contribution is 2.27. The minimum absolute atomic E-state index is 0.0191. The van der Waals surface area contributed by atoms with Crippen LogP contribution in [0.15, 0.2) is 18.5 Å². The zero-order valence-corrected chi connectivity index (χ0v) is 9.03. The van der Waals surface area contributed by atoms with Crippen LogP contribution >= 0.6 is 0 Å². The van der Waals surface area contributed by atoms with Gasteiger partial charge in [0, 0.05) is 11.8 Å². The second kappa shape index (κ2) is 4.87. The van der Waals surface area contributed by atoms with Crippen LogP contribution in [-0.2, 0) is 9.53 Å². The SMILES string of the molecule is COC(=O)C(c1ccncc1F)C(C)C. The topological polar surface area (TPSA) is 39.2 Å². The fourth-order valence-electron chi connectivity index (χ4n) is 1.52. The summed E-state index contributed by atoms with van der Waals surface area (Å²) in [6, 6.07) is 1.51. The highest BCUT2D eigenvalue weighted by Gasteiger charge is 2.27. The number of pyridine rings is 1. The van der Waals surface area contributed by atoms with E-state index in [0.717, 1.165) is 6.20 Å². The van der Waals surface area contributed by atoms with Gasteiger partial charge in [-0.15, -0.1) is 0 Å². The van der Waals surface area contributed by atoms with E-state index in [1.54, 1.807) is 0 Å². The summed E-state index contributed by atoms with van der Waals surface area (Å²) in [6.45, 7) is 3.70. The molecule has 0 saturated heterocycles. The van der Waals surface area contributed by atoms with Gasteiger partial charge < -0.3 is 4.74 Å². The number of rotatable bonds is 3. The predicted molar refractivity (Wildman–Crippen MR) is 53.8 cm³/mol. The molecule has 0 aliphatic carbocycles. The Morgan fingerprint density at radius 3 is 2.67 bits per heavy atom. The van der Waals surface area contributed by atoms with E-state index >= 15 is 0 Å². The van der Waals surface area contributed by atoms with Crippen LogP contribution in [0.5, 0.6) is 0 Å². The first-order valence-electron chi connectivity index (χ1n) is 4.75. The predicted octanol–water partition coefficient (Wildman–Crippen LogP) is 2.13. The number of halogens is 1. The largest absolute Gasteiger partial charge is 0.469 e. The summed E-state index contributed by atoms with van der Waals surface area (Å²) < 4.78 is 18.1. The molecule has 0 aliphatic heterocycles. The number of ether oxygens (including phenoxy) is 1. The molecule has 0 amide bonds. The molecule has 1 rings (SSSR count). The van der Waals surface area contributed by atoms with E-state index in [9.17, 15) is 9.18 Å². The molecule has 1 aromatic rings. The Morgan fingerprint density at radius 1 is 1.53 bits per heavy atom. The van der Waals surface area contributed by atoms with Crippen LogP contribution in [0.1, 0.15) is 25.3 Å². The molecule has 0 aliphatic rings. The molecular formula is C11H14FNO2. The van der Waals surface area contributed by atoms with Crippen molar-refractivity contribution in [3.63, 3.8) is 0 Å². The first-order valence-corrected chi connectivity index (χ1v) is 4.75. The minimum Gasteiger partial charge on any atom is -0.469 e. The summed E-state index contributed by atoms with van der Waals surface area (Å²) in [6.07, 6.45) is 2.57. The van der Waals surface area contributed by atoms with Gasteiger partial charge in [0.05, 0.1) is 19.2 Å². The van der Waals surface area contributed by atoms with E-state index in [1.165, 1.54) is 19.4 Å². The minimum atomic E-state index is -0.571. The van der Waals surface area contributed by atoms with Gasteiger partial charge in [0.15, 0.2) is 0 Å². The number of hydrogen-bond donors (Lipinski definition) is 0. The number of carbonyl (C=O) groups is 1. The highest BCUT2D eigenvalue weighted by atomic mass is 19.1. The lowest BCUT2D eigenvalue weighted by Crippen LogP contribution is -2.20. The second-order valence-electron chi connectivity index (χ2n) is 3.64. The molecule has 0 radical (unpaired) electrons. The van der Waals surface area contributed by atoms with E-state index in [2.05, 4.69) is 9.72 Å². The van der Waals surface area contributed by atoms with Crippen molar-refractivity contribution in [2.45, 2.75) is 19.8 Å². The maximum absolute atomic E-state index is 13.4. The molecule has 0 saturated carbocycles. The fourth-order valence-corrected chi connectivity index (χ4v) is 1.52. The lowest BCUT2D eigenvalue weighted by molar-refractivity contribution is -0.143. The molecule has 4 heteroatoms. The van der Waals surface area contributed by atoms with Gasteiger partial charge in [0.2, 0.25) is 0 Å². The van der Waals surface area contributed by atoms with Crippen molar-refractivity contribution in [3.05, 3.63) is 29.8 Å². The van der Waals surface area contributed by atoms with Gasteiger partial charge in [-0.3, -0.25) is 9.78 Å². The quantitative estimate of drug-likeness (QED) is 0.719. The van der Waals surface area contributed by atoms with Crippen LogP contribution < -0.4 is 0 Å². The van der Waals surface area contributed by atoms with E-state index in [0.29, 0.717) is 5.56 Å². The molecule has 3 nitrogen and oxygen atoms in total. The first-order chi connectivity index (χ1) is 7.07. The van der Waals surface area contributed by atoms with Gasteiger partial charge in [-0.25, -0.2) is 4.39 Å². The van der Waals surface area contributed by atoms with Crippen molar-refractivity contribution >= 4 is 5.97 Å². The van der Waals surface area contributed by atoms with Crippen LogP contribution in [0.25, 0.3) is 0 Å². The lowest BCUT2D eigenvalue weighted by atomic mass is 9.89. The van der Waals surface area contributed by atoms with E-state index in [1.807, 2.05) is 13.8 Å². The number of methoxy groups -OCH3 is 1. The molecule has 1 unspecified atom stereocenters. The van der Waals surface area contributed by atoms with Gasteiger partial charge in [0.1, 0.15) is 5.82 Å². The number of esters is 1. The average Bonchev–Trinajstić information content (AvgIpc) is 2.20. The summed E-state index contributed by atoms with van der Waals surface area (Å²) in [5.74, 6) is -1.48. The zero-order valence-electron chi connectivity index (χ0n) is 9.03. The first kappa shape index (κ1) is 11.6. The Morgan fingerprint density at radius 2 is 2.20 bits per heavy atom. The van der Waals surface area contributed by atoms with Crippen molar-refractivity contribution in [2.75, 3.05) is 7.11 Å². The molecule has 82 valence electrons. The van der Waals surface area contributed by atoms with Crippen LogP contribution in [-0.4, -0.2) is 18.1 Å². The Hall–Kier alpha value is -1.45. The third-order valence-electron chi connectivity index (χ3n) is 2.26. The summed E-state index contributed by atoms with van der Waals surface area (Å²) >= 11 is 0. The number of aromatic nitrogens is 1. The monoisotopic (exact) mass is 211 g/mol. The van der Waals surface area contributed by atoms with Gasteiger partial charge in [-0.05, 0) is 12.0 Å². The molecule has 1 aromatic heterocycles. The summed E-state index contributed by atoms with van der Waals surface area (Å²) in [5, 5.41) is 0. The van der Waals surface area contributed by atoms with Gasteiger partial charge in [-0.2, -0.15) is 0 Å². The Kier molecular flexibility index (Phi) is 3.77. The van der Waals surface area contributed by atoms with Gasteiger partial charge in [0.25, 0.3) is 0 Å². The van der Waals surface area contributed by atoms with Crippen molar-refractivity contribution in [2.24, 2.45) is 5.92 Å². The van der Waals surface area contributed by atoms with Gasteiger partial charge >= 0.3 is 5.97 Å². The van der Waals surface area contributed by atoms with Crippen LogP contribution in [0.3, 0.4) is 0 Å². The molecule has 0 N–H and O–H groups in total. The van der Waals surface area contributed by atoms with Crippen LogP contribution in [0.2, 0.25) is 0 Å². The molecule has 1 atom stereocenters. The molecule has 0 fully saturated rings. The Bertz CT molecular complexity index is 352. The average molecular weight is 211 g/mol. The maximum atomic E-state index is 13.4. The maximum Gasteiger partial charge on any atom is 0.313 e. The molecule has 15 heavy (non-hydrogen) atoms. The highest BCUT2D eigenvalue weighted by molar-refractivity contribution is 5.78. The number of hydrogen-bond acceptors (Lipinski definition) is 3. The zero-order chi connectivity index (χ0) is 11.4. The second-order valence-corrected chi connectivity index (χ2v) is 3.64. The third-order valence-corrected chi connectivity index (χ3v) is 2.26. The fraction of sp³-hybridized carbons (Fsp3) is 0.455. The third kappa shape index (κ3) is 2.52. The van der Waals surface area contributed by atoms with Crippen molar-refractivity contribution in [1.82, 2.24) is 4.98 Å². The molecule has 1 heterocycles. The number of nitrogens with zero attached hydrogens (tertiary/aromatic N) is 1. The van der Waals surface area contributed by atoms with E-state index < -0.39 is 17.7 Å². The normalized spacial score (nSPS) is 12.6. The lowest BCUT2D eigenvalue weighted by Gasteiger charge is -2.18.